The maximum Gasteiger partial charge on any atom is 0.254 e. The maximum absolute atomic E-state index is 13.3. The van der Waals surface area contributed by atoms with Crippen molar-refractivity contribution in [1.29, 1.82) is 5.26 Å². The zero-order chi connectivity index (χ0) is 19.0. The van der Waals surface area contributed by atoms with Gasteiger partial charge in [-0.15, -0.1) is 0 Å². The van der Waals surface area contributed by atoms with Crippen LogP contribution in [0.2, 0.25) is 0 Å². The molecule has 0 bridgehead atoms. The molecule has 1 aromatic heterocycles. The second kappa shape index (κ2) is 7.42. The lowest BCUT2D eigenvalue weighted by Gasteiger charge is -2.41. The first-order valence-electron chi connectivity index (χ1n) is 8.91. The van der Waals surface area contributed by atoms with Gasteiger partial charge in [0.05, 0.1) is 0 Å². The van der Waals surface area contributed by atoms with Gasteiger partial charge in [0.1, 0.15) is 11.7 Å². The van der Waals surface area contributed by atoms with Crippen LogP contribution in [0.4, 0.5) is 0 Å². The first kappa shape index (κ1) is 18.9. The van der Waals surface area contributed by atoms with E-state index in [-0.39, 0.29) is 17.7 Å². The molecule has 2 aromatic rings. The van der Waals surface area contributed by atoms with Crippen molar-refractivity contribution in [3.8, 4) is 6.07 Å². The molecule has 0 saturated heterocycles. The number of amides is 1. The highest BCUT2D eigenvalue weighted by Crippen LogP contribution is 2.34. The summed E-state index contributed by atoms with van der Waals surface area (Å²) in [5.41, 5.74) is 2.05. The molecule has 1 fully saturated rings. The lowest BCUT2D eigenvalue weighted by molar-refractivity contribution is 0.0544. The molecule has 2 atom stereocenters. The molecule has 0 spiro atoms. The summed E-state index contributed by atoms with van der Waals surface area (Å²) >= 11 is 3.57. The Labute approximate surface area is 162 Å². The van der Waals surface area contributed by atoms with Gasteiger partial charge >= 0.3 is 0 Å². The summed E-state index contributed by atoms with van der Waals surface area (Å²) in [6.45, 7) is 1.92. The number of halogens is 1. The first-order chi connectivity index (χ1) is 12.3. The Bertz CT molecular complexity index is 881. The third-order valence-electron chi connectivity index (χ3n) is 5.52. The standard InChI is InChI=1S/C20H24BrN3O2/c1-12-14(10-18-15(19(12)21)9-13(11-22)26-18)20(25)24(4)17-8-6-5-7-16(17)23(2)3/h9-10,16-17H,5-8H2,1-4H3/t16-,17+/m0/s1. The van der Waals surface area contributed by atoms with Crippen molar-refractivity contribution in [2.24, 2.45) is 0 Å². The van der Waals surface area contributed by atoms with E-state index in [4.69, 9.17) is 9.68 Å². The highest BCUT2D eigenvalue weighted by Gasteiger charge is 2.33. The second-order valence-corrected chi connectivity index (χ2v) is 8.09. The lowest BCUT2D eigenvalue weighted by Crippen LogP contribution is -2.51. The number of rotatable bonds is 3. The van der Waals surface area contributed by atoms with Crippen LogP contribution in [0.25, 0.3) is 11.0 Å². The molecule has 5 nitrogen and oxygen atoms in total. The number of benzene rings is 1. The Kier molecular flexibility index (Phi) is 5.40. The summed E-state index contributed by atoms with van der Waals surface area (Å²) < 4.78 is 6.37. The number of fused-ring (bicyclic) bond motifs is 1. The van der Waals surface area contributed by atoms with E-state index in [9.17, 15) is 4.79 Å². The van der Waals surface area contributed by atoms with E-state index in [1.807, 2.05) is 24.9 Å². The molecule has 3 rings (SSSR count). The Morgan fingerprint density at radius 2 is 1.88 bits per heavy atom. The molecule has 0 aliphatic heterocycles. The minimum Gasteiger partial charge on any atom is -0.446 e. The number of carbonyl (C=O) groups excluding carboxylic acids is 1. The van der Waals surface area contributed by atoms with E-state index in [1.165, 1.54) is 6.42 Å². The van der Waals surface area contributed by atoms with Gasteiger partial charge in [0.15, 0.2) is 0 Å². The van der Waals surface area contributed by atoms with Crippen LogP contribution in [-0.4, -0.2) is 48.9 Å². The van der Waals surface area contributed by atoms with Crippen LogP contribution in [0.15, 0.2) is 21.0 Å². The number of furan rings is 1. The van der Waals surface area contributed by atoms with E-state index in [2.05, 4.69) is 34.9 Å². The van der Waals surface area contributed by atoms with Crippen molar-refractivity contribution in [3.05, 3.63) is 33.5 Å². The largest absolute Gasteiger partial charge is 0.446 e. The fourth-order valence-corrected chi connectivity index (χ4v) is 4.53. The highest BCUT2D eigenvalue weighted by atomic mass is 79.9. The quantitative estimate of drug-likeness (QED) is 0.745. The average molecular weight is 418 g/mol. The van der Waals surface area contributed by atoms with Gasteiger partial charge in [-0.05, 0) is 61.4 Å². The van der Waals surface area contributed by atoms with E-state index in [0.717, 1.165) is 34.7 Å². The summed E-state index contributed by atoms with van der Waals surface area (Å²) in [5.74, 6) is 0.247. The molecule has 0 N–H and O–H groups in total. The Morgan fingerprint density at radius 3 is 2.50 bits per heavy atom. The van der Waals surface area contributed by atoms with Gasteiger partial charge < -0.3 is 14.2 Å². The highest BCUT2D eigenvalue weighted by molar-refractivity contribution is 9.10. The van der Waals surface area contributed by atoms with Gasteiger partial charge in [-0.25, -0.2) is 0 Å². The van der Waals surface area contributed by atoms with Crippen LogP contribution in [0, 0.1) is 18.3 Å². The molecule has 1 aliphatic carbocycles. The van der Waals surface area contributed by atoms with Crippen molar-refractivity contribution in [1.82, 2.24) is 9.80 Å². The average Bonchev–Trinajstić information content (AvgIpc) is 3.07. The molecular weight excluding hydrogens is 394 g/mol. The Hall–Kier alpha value is -1.84. The Balaban J connectivity index is 1.98. The molecule has 6 heteroatoms. The zero-order valence-corrected chi connectivity index (χ0v) is 17.3. The van der Waals surface area contributed by atoms with Gasteiger partial charge in [0.2, 0.25) is 5.76 Å². The third-order valence-corrected chi connectivity index (χ3v) is 6.54. The maximum atomic E-state index is 13.3. The molecular formula is C20H24BrN3O2. The normalized spacial score (nSPS) is 20.3. The smallest absolute Gasteiger partial charge is 0.254 e. The van der Waals surface area contributed by atoms with Crippen molar-refractivity contribution in [2.75, 3.05) is 21.1 Å². The van der Waals surface area contributed by atoms with Crippen molar-refractivity contribution in [2.45, 2.75) is 44.7 Å². The van der Waals surface area contributed by atoms with Crippen molar-refractivity contribution < 1.29 is 9.21 Å². The number of likely N-dealkylation sites (N-methyl/N-ethyl adjacent to an activating group) is 2. The summed E-state index contributed by atoms with van der Waals surface area (Å²) in [4.78, 5) is 17.4. The van der Waals surface area contributed by atoms with E-state index in [0.29, 0.717) is 17.2 Å². The fraction of sp³-hybridized carbons (Fsp3) is 0.500. The van der Waals surface area contributed by atoms with E-state index >= 15 is 0 Å². The molecule has 26 heavy (non-hydrogen) atoms. The van der Waals surface area contributed by atoms with Crippen LogP contribution >= 0.6 is 15.9 Å². The number of nitrogens with zero attached hydrogens (tertiary/aromatic N) is 3. The molecule has 1 amide bonds. The number of hydrogen-bond acceptors (Lipinski definition) is 4. The van der Waals surface area contributed by atoms with Crippen molar-refractivity contribution >= 4 is 32.8 Å². The molecule has 1 heterocycles. The van der Waals surface area contributed by atoms with Crippen LogP contribution in [-0.2, 0) is 0 Å². The minimum absolute atomic E-state index is 0.00115. The molecule has 1 aromatic carbocycles. The summed E-state index contributed by atoms with van der Waals surface area (Å²) in [6, 6.07) is 6.06. The van der Waals surface area contributed by atoms with Gasteiger partial charge in [-0.3, -0.25) is 4.79 Å². The predicted octanol–water partition coefficient (Wildman–Crippen LogP) is 4.32. The van der Waals surface area contributed by atoms with Crippen LogP contribution in [0.5, 0.6) is 0 Å². The monoisotopic (exact) mass is 417 g/mol. The van der Waals surface area contributed by atoms with Crippen molar-refractivity contribution in [3.63, 3.8) is 0 Å². The molecule has 0 unspecified atom stereocenters. The van der Waals surface area contributed by atoms with Crippen LogP contribution in [0.3, 0.4) is 0 Å². The predicted molar refractivity (Wildman–Crippen MR) is 105 cm³/mol. The number of carbonyl (C=O) groups is 1. The van der Waals surface area contributed by atoms with Gasteiger partial charge in [0.25, 0.3) is 5.91 Å². The van der Waals surface area contributed by atoms with Gasteiger partial charge in [0, 0.05) is 40.6 Å². The number of nitriles is 1. The van der Waals surface area contributed by atoms with E-state index in [1.54, 1.807) is 12.1 Å². The first-order valence-corrected chi connectivity index (χ1v) is 9.70. The molecule has 0 radical (unpaired) electrons. The molecule has 138 valence electrons. The third kappa shape index (κ3) is 3.26. The van der Waals surface area contributed by atoms with Crippen LogP contribution < -0.4 is 0 Å². The Morgan fingerprint density at radius 1 is 1.23 bits per heavy atom. The fourth-order valence-electron chi connectivity index (χ4n) is 4.01. The summed E-state index contributed by atoms with van der Waals surface area (Å²) in [5, 5.41) is 9.90. The number of hydrogen-bond donors (Lipinski definition) is 0. The topological polar surface area (TPSA) is 60.5 Å². The summed E-state index contributed by atoms with van der Waals surface area (Å²) in [7, 11) is 6.07. The van der Waals surface area contributed by atoms with Gasteiger partial charge in [-0.2, -0.15) is 5.26 Å². The SMILES string of the molecule is Cc1c(C(=O)N(C)[C@@H]2CCCC[C@@H]2N(C)C)cc2oc(C#N)cc2c1Br. The van der Waals surface area contributed by atoms with Crippen LogP contribution in [0.1, 0.15) is 47.4 Å². The minimum atomic E-state index is -0.00115. The van der Waals surface area contributed by atoms with E-state index < -0.39 is 0 Å². The zero-order valence-electron chi connectivity index (χ0n) is 15.7. The lowest BCUT2D eigenvalue weighted by atomic mass is 9.88. The second-order valence-electron chi connectivity index (χ2n) is 7.30. The molecule has 1 saturated carbocycles. The molecule has 1 aliphatic rings. The summed E-state index contributed by atoms with van der Waals surface area (Å²) in [6.07, 6.45) is 4.49. The van der Waals surface area contributed by atoms with Gasteiger partial charge in [-0.1, -0.05) is 12.8 Å².